The van der Waals surface area contributed by atoms with Gasteiger partial charge in [-0.25, -0.2) is 0 Å². The first kappa shape index (κ1) is 20.6. The normalized spacial score (nSPS) is 12.8. The van der Waals surface area contributed by atoms with Crippen molar-refractivity contribution < 1.29 is 9.90 Å². The van der Waals surface area contributed by atoms with E-state index in [1.54, 1.807) is 6.92 Å². The number of nitrogens with two attached hydrogens (primary N) is 2. The molecule has 0 fully saturated rings. The molecule has 0 saturated carbocycles. The van der Waals surface area contributed by atoms with Crippen LogP contribution in [0.25, 0.3) is 0 Å². The molecule has 1 atom stereocenters. The largest absolute Gasteiger partial charge is 0.480 e. The predicted molar refractivity (Wildman–Crippen MR) is 70.6 cm³/mol. The first-order valence-electron chi connectivity index (χ1n) is 4.44. The Morgan fingerprint density at radius 3 is 2.44 bits per heavy atom. The lowest BCUT2D eigenvalue weighted by molar-refractivity contribution is -0.138. The molecule has 96 valence electrons. The number of carboxylic acids is 1. The van der Waals surface area contributed by atoms with Crippen molar-refractivity contribution in [3.8, 4) is 0 Å². The van der Waals surface area contributed by atoms with Gasteiger partial charge in [-0.2, -0.15) is 0 Å². The molecule has 0 rings (SSSR count). The van der Waals surface area contributed by atoms with Crippen LogP contribution in [0.1, 0.15) is 19.8 Å². The summed E-state index contributed by atoms with van der Waals surface area (Å²) in [5.41, 5.74) is 10.6. The van der Waals surface area contributed by atoms with Gasteiger partial charge in [0.2, 0.25) is 0 Å². The first-order valence-corrected chi connectivity index (χ1v) is 4.44. The van der Waals surface area contributed by atoms with Gasteiger partial charge in [-0.05, 0) is 19.8 Å². The number of aliphatic carboxylic acids is 1. The molecule has 5 N–H and O–H groups in total. The van der Waals surface area contributed by atoms with Crippen molar-refractivity contribution >= 4 is 36.6 Å². The Kier molecular flexibility index (Phi) is 15.8. The van der Waals surface area contributed by atoms with E-state index in [1.165, 1.54) is 0 Å². The Morgan fingerprint density at radius 2 is 2.00 bits per heavy atom. The minimum Gasteiger partial charge on any atom is -0.480 e. The van der Waals surface area contributed by atoms with Gasteiger partial charge >= 0.3 is 5.97 Å². The highest BCUT2D eigenvalue weighted by molar-refractivity contribution is 5.85. The van der Waals surface area contributed by atoms with Gasteiger partial charge in [0.1, 0.15) is 6.04 Å². The summed E-state index contributed by atoms with van der Waals surface area (Å²) in [6.07, 6.45) is 4.78. The van der Waals surface area contributed by atoms with Gasteiger partial charge in [0.25, 0.3) is 0 Å². The van der Waals surface area contributed by atoms with Gasteiger partial charge in [-0.1, -0.05) is 12.2 Å². The molecular weight excluding hydrogens is 253 g/mol. The second-order valence-corrected chi connectivity index (χ2v) is 2.98. The number of carbonyl (C=O) groups is 1. The van der Waals surface area contributed by atoms with E-state index in [9.17, 15) is 4.79 Å². The van der Waals surface area contributed by atoms with Gasteiger partial charge in [-0.15, -0.1) is 24.8 Å². The number of halogens is 2. The molecule has 0 radical (unpaired) electrons. The third-order valence-electron chi connectivity index (χ3n) is 1.57. The topological polar surface area (TPSA) is 102 Å². The average molecular weight is 272 g/mol. The molecule has 0 saturated heterocycles. The number of amidine groups is 1. The van der Waals surface area contributed by atoms with Crippen LogP contribution in [-0.4, -0.2) is 29.5 Å². The number of allylic oxidation sites excluding steroid dienone is 1. The highest BCUT2D eigenvalue weighted by Crippen LogP contribution is 1.95. The summed E-state index contributed by atoms with van der Waals surface area (Å²) in [4.78, 5) is 14.3. The zero-order chi connectivity index (χ0) is 11.0. The van der Waals surface area contributed by atoms with Gasteiger partial charge < -0.3 is 16.6 Å². The fourth-order valence-electron chi connectivity index (χ4n) is 0.788. The van der Waals surface area contributed by atoms with Crippen molar-refractivity contribution in [2.75, 3.05) is 6.54 Å². The Morgan fingerprint density at radius 1 is 1.44 bits per heavy atom. The number of rotatable bonds is 6. The fourth-order valence-corrected chi connectivity index (χ4v) is 0.788. The van der Waals surface area contributed by atoms with Gasteiger partial charge in [0.05, 0.1) is 12.4 Å². The van der Waals surface area contributed by atoms with Gasteiger partial charge in [0.15, 0.2) is 0 Å². The van der Waals surface area contributed by atoms with E-state index in [2.05, 4.69) is 4.99 Å². The van der Waals surface area contributed by atoms with Gasteiger partial charge in [-0.3, -0.25) is 9.79 Å². The Bertz CT molecular complexity index is 241. The summed E-state index contributed by atoms with van der Waals surface area (Å²) in [6.45, 7) is 2.25. The molecule has 0 bridgehead atoms. The molecule has 0 aromatic heterocycles. The molecule has 7 heteroatoms. The summed E-state index contributed by atoms with van der Waals surface area (Å²) in [6, 6.07) is -0.778. The number of nitrogens with zero attached hydrogens (tertiary/aromatic N) is 1. The predicted octanol–water partition coefficient (Wildman–Crippen LogP) is 0.955. The maximum atomic E-state index is 10.3. The second kappa shape index (κ2) is 12.3. The molecule has 0 amide bonds. The van der Waals surface area contributed by atoms with E-state index in [0.717, 1.165) is 0 Å². The average Bonchev–Trinajstić information content (AvgIpc) is 2.09. The van der Waals surface area contributed by atoms with E-state index in [4.69, 9.17) is 16.6 Å². The number of carboxylic acid groups (broad SMARTS) is 1. The van der Waals surface area contributed by atoms with Crippen LogP contribution < -0.4 is 11.5 Å². The quantitative estimate of drug-likeness (QED) is 0.380. The number of aliphatic imine (C=N–C) groups is 1. The lowest BCUT2D eigenvalue weighted by atomic mass is 10.1. The summed E-state index contributed by atoms with van der Waals surface area (Å²) in [5.74, 6) is -0.425. The minimum absolute atomic E-state index is 0. The monoisotopic (exact) mass is 271 g/mol. The van der Waals surface area contributed by atoms with Crippen LogP contribution >= 0.6 is 24.8 Å². The number of hydrogen-bond acceptors (Lipinski definition) is 3. The molecule has 5 nitrogen and oxygen atoms in total. The van der Waals surface area contributed by atoms with E-state index in [1.807, 2.05) is 12.2 Å². The third-order valence-corrected chi connectivity index (χ3v) is 1.57. The minimum atomic E-state index is -0.964. The summed E-state index contributed by atoms with van der Waals surface area (Å²) >= 11 is 0. The Balaban J connectivity index is -0.000000845. The van der Waals surface area contributed by atoms with Crippen LogP contribution in [0.2, 0.25) is 0 Å². The van der Waals surface area contributed by atoms with Crippen molar-refractivity contribution in [3.05, 3.63) is 12.2 Å². The van der Waals surface area contributed by atoms with Crippen LogP contribution in [0.15, 0.2) is 17.1 Å². The zero-order valence-electron chi connectivity index (χ0n) is 9.13. The molecule has 0 aliphatic rings. The van der Waals surface area contributed by atoms with Crippen molar-refractivity contribution in [2.24, 2.45) is 16.5 Å². The van der Waals surface area contributed by atoms with Crippen LogP contribution in [0, 0.1) is 0 Å². The molecule has 0 aromatic rings. The zero-order valence-corrected chi connectivity index (χ0v) is 10.8. The summed E-state index contributed by atoms with van der Waals surface area (Å²) in [7, 11) is 0. The third kappa shape index (κ3) is 13.2. The lowest BCUT2D eigenvalue weighted by Gasteiger charge is -2.01. The van der Waals surface area contributed by atoms with Crippen LogP contribution in [0.4, 0.5) is 0 Å². The van der Waals surface area contributed by atoms with E-state index < -0.39 is 12.0 Å². The van der Waals surface area contributed by atoms with Gasteiger partial charge in [0, 0.05) is 0 Å². The van der Waals surface area contributed by atoms with E-state index >= 15 is 0 Å². The van der Waals surface area contributed by atoms with Crippen LogP contribution in [-0.2, 0) is 4.79 Å². The Hall–Kier alpha value is -0.780. The second-order valence-electron chi connectivity index (χ2n) is 2.98. The summed E-state index contributed by atoms with van der Waals surface area (Å²) in [5, 5.41) is 8.47. The fraction of sp³-hybridized carbons (Fsp3) is 0.556. The van der Waals surface area contributed by atoms with Crippen molar-refractivity contribution in [2.45, 2.75) is 25.8 Å². The molecule has 0 aliphatic heterocycles. The molecular formula is C9H19Cl2N3O2. The van der Waals surface area contributed by atoms with Crippen molar-refractivity contribution in [3.63, 3.8) is 0 Å². The highest BCUT2D eigenvalue weighted by Gasteiger charge is 2.08. The highest BCUT2D eigenvalue weighted by atomic mass is 35.5. The van der Waals surface area contributed by atoms with E-state index in [-0.39, 0.29) is 24.8 Å². The molecule has 0 unspecified atom stereocenters. The molecule has 0 aliphatic carbocycles. The first-order chi connectivity index (χ1) is 6.54. The van der Waals surface area contributed by atoms with Crippen LogP contribution in [0.3, 0.4) is 0 Å². The molecule has 0 spiro atoms. The Labute approximate surface area is 108 Å². The summed E-state index contributed by atoms with van der Waals surface area (Å²) < 4.78 is 0. The molecule has 16 heavy (non-hydrogen) atoms. The SMILES string of the molecule is CC(N)=NC/C=C/CC[C@H](N)C(=O)O.Cl.Cl. The maximum Gasteiger partial charge on any atom is 0.320 e. The number of hydrogen-bond donors (Lipinski definition) is 3. The van der Waals surface area contributed by atoms with E-state index in [0.29, 0.717) is 25.2 Å². The van der Waals surface area contributed by atoms with Crippen molar-refractivity contribution in [1.29, 1.82) is 0 Å². The lowest BCUT2D eigenvalue weighted by Crippen LogP contribution is -2.29. The molecule has 0 aromatic carbocycles. The standard InChI is InChI=1S/C9H17N3O2.2ClH/c1-7(10)12-6-4-2-3-5-8(11)9(13)14;;/h2,4,8H,3,5-6,11H2,1H3,(H2,10,12)(H,13,14);2*1H/b4-2+;;/t8-;;/m0../s1. The maximum absolute atomic E-state index is 10.3. The van der Waals surface area contributed by atoms with Crippen molar-refractivity contribution in [1.82, 2.24) is 0 Å². The smallest absolute Gasteiger partial charge is 0.320 e. The van der Waals surface area contributed by atoms with Crippen LogP contribution in [0.5, 0.6) is 0 Å². The molecule has 0 heterocycles.